The minimum atomic E-state index is 0.666. The van der Waals surface area contributed by atoms with Gasteiger partial charge in [-0.15, -0.1) is 0 Å². The van der Waals surface area contributed by atoms with Gasteiger partial charge in [0, 0.05) is 27.9 Å². The fourth-order valence-electron chi connectivity index (χ4n) is 5.98. The van der Waals surface area contributed by atoms with Crippen LogP contribution >= 0.6 is 0 Å². The molecule has 0 aliphatic carbocycles. The summed E-state index contributed by atoms with van der Waals surface area (Å²) in [5.74, 6) is 0.666. The highest BCUT2D eigenvalue weighted by Gasteiger charge is 2.17. The van der Waals surface area contributed by atoms with Crippen molar-refractivity contribution >= 4 is 32.6 Å². The van der Waals surface area contributed by atoms with Crippen molar-refractivity contribution in [2.75, 3.05) is 0 Å². The first kappa shape index (κ1) is 23.4. The first-order chi connectivity index (χ1) is 20.3. The van der Waals surface area contributed by atoms with E-state index in [1.807, 2.05) is 18.3 Å². The summed E-state index contributed by atoms with van der Waals surface area (Å²) >= 11 is 0. The van der Waals surface area contributed by atoms with Gasteiger partial charge in [0.25, 0.3) is 0 Å². The van der Waals surface area contributed by atoms with E-state index in [4.69, 9.17) is 9.97 Å². The lowest BCUT2D eigenvalue weighted by Crippen LogP contribution is -2.02. The van der Waals surface area contributed by atoms with Crippen LogP contribution < -0.4 is 0 Å². The van der Waals surface area contributed by atoms with Gasteiger partial charge in [-0.25, -0.2) is 9.97 Å². The number of hydrogen-bond donors (Lipinski definition) is 0. The molecular weight excluding hydrogens is 498 g/mol. The summed E-state index contributed by atoms with van der Waals surface area (Å²) in [7, 11) is 0. The number of aromatic nitrogens is 3. The zero-order valence-corrected chi connectivity index (χ0v) is 22.3. The van der Waals surface area contributed by atoms with E-state index in [1.165, 1.54) is 32.7 Å². The Hall–Kier alpha value is -5.54. The van der Waals surface area contributed by atoms with Crippen LogP contribution in [0.15, 0.2) is 152 Å². The van der Waals surface area contributed by atoms with Crippen LogP contribution in [0.5, 0.6) is 0 Å². The topological polar surface area (TPSA) is 30.7 Å². The van der Waals surface area contributed by atoms with Crippen molar-refractivity contribution < 1.29 is 0 Å². The zero-order chi connectivity index (χ0) is 27.2. The fraction of sp³-hybridized carbons (Fsp3) is 0. The summed E-state index contributed by atoms with van der Waals surface area (Å²) in [5.41, 5.74) is 8.92. The van der Waals surface area contributed by atoms with Gasteiger partial charge in [-0.05, 0) is 39.8 Å². The van der Waals surface area contributed by atoms with Crippen molar-refractivity contribution in [1.29, 1.82) is 0 Å². The molecule has 0 spiro atoms. The van der Waals surface area contributed by atoms with E-state index in [0.29, 0.717) is 5.95 Å². The molecule has 3 nitrogen and oxygen atoms in total. The van der Waals surface area contributed by atoms with Gasteiger partial charge in [-0.3, -0.25) is 4.57 Å². The van der Waals surface area contributed by atoms with E-state index in [0.717, 1.165) is 33.4 Å². The Morgan fingerprint density at radius 2 is 1.10 bits per heavy atom. The van der Waals surface area contributed by atoms with Crippen LogP contribution in [-0.2, 0) is 0 Å². The summed E-state index contributed by atoms with van der Waals surface area (Å²) in [6.07, 6.45) is 1.87. The average molecular weight is 524 g/mol. The maximum absolute atomic E-state index is 5.20. The third-order valence-electron chi connectivity index (χ3n) is 7.91. The van der Waals surface area contributed by atoms with Gasteiger partial charge in [-0.1, -0.05) is 133 Å². The second-order valence-corrected chi connectivity index (χ2v) is 10.3. The third kappa shape index (κ3) is 3.90. The Labute approximate surface area is 238 Å². The lowest BCUT2D eigenvalue weighted by atomic mass is 9.95. The average Bonchev–Trinajstić information content (AvgIpc) is 3.40. The molecule has 0 amide bonds. The van der Waals surface area contributed by atoms with Gasteiger partial charge >= 0.3 is 0 Å². The molecule has 2 heterocycles. The molecule has 8 rings (SSSR count). The highest BCUT2D eigenvalue weighted by atomic mass is 15.2. The molecule has 0 unspecified atom stereocenters. The monoisotopic (exact) mass is 523 g/mol. The molecule has 2 aromatic heterocycles. The van der Waals surface area contributed by atoms with E-state index in [2.05, 4.69) is 138 Å². The van der Waals surface area contributed by atoms with Crippen molar-refractivity contribution in [1.82, 2.24) is 14.5 Å². The summed E-state index contributed by atoms with van der Waals surface area (Å²) in [5, 5.41) is 4.78. The Bertz CT molecular complexity index is 2190. The predicted molar refractivity (Wildman–Crippen MR) is 170 cm³/mol. The Morgan fingerprint density at radius 1 is 0.439 bits per heavy atom. The lowest BCUT2D eigenvalue weighted by molar-refractivity contribution is 0.994. The Balaban J connectivity index is 1.30. The molecule has 0 aliphatic rings. The van der Waals surface area contributed by atoms with Crippen LogP contribution in [-0.4, -0.2) is 14.5 Å². The van der Waals surface area contributed by atoms with Crippen LogP contribution in [0.1, 0.15) is 0 Å². The van der Waals surface area contributed by atoms with Crippen LogP contribution in [0.2, 0.25) is 0 Å². The number of nitrogens with zero attached hydrogens (tertiary/aromatic N) is 3. The molecular formula is C38H25N3. The van der Waals surface area contributed by atoms with E-state index < -0.39 is 0 Å². The first-order valence-corrected chi connectivity index (χ1v) is 13.8. The van der Waals surface area contributed by atoms with Crippen LogP contribution in [0.4, 0.5) is 0 Å². The quantitative estimate of drug-likeness (QED) is 0.230. The van der Waals surface area contributed by atoms with Gasteiger partial charge in [-0.2, -0.15) is 0 Å². The second-order valence-electron chi connectivity index (χ2n) is 10.3. The molecule has 0 aliphatic heterocycles. The third-order valence-corrected chi connectivity index (χ3v) is 7.91. The Morgan fingerprint density at radius 3 is 1.95 bits per heavy atom. The van der Waals surface area contributed by atoms with Gasteiger partial charge in [0.05, 0.1) is 16.7 Å². The van der Waals surface area contributed by atoms with Crippen molar-refractivity contribution in [3.05, 3.63) is 152 Å². The standard InChI is InChI=1S/C38H25N3/c1-2-10-26(11-3-1)27-18-20-29(21-19-27)30-13-6-7-15-32(30)35-24-25-39-38(40-35)41-36-17-9-8-16-33(36)34-23-22-28-12-4-5-14-31(28)37(34)41/h1-25H. The Kier molecular flexibility index (Phi) is 5.46. The van der Waals surface area contributed by atoms with E-state index in [1.54, 1.807) is 0 Å². The lowest BCUT2D eigenvalue weighted by Gasteiger charge is -2.13. The number of benzene rings is 6. The molecule has 0 atom stereocenters. The summed E-state index contributed by atoms with van der Waals surface area (Å²) < 4.78 is 2.22. The number of hydrogen-bond acceptors (Lipinski definition) is 2. The smallest absolute Gasteiger partial charge is 0.235 e. The van der Waals surface area contributed by atoms with E-state index in [9.17, 15) is 0 Å². The minimum Gasteiger partial charge on any atom is -0.277 e. The van der Waals surface area contributed by atoms with Gasteiger partial charge in [0.15, 0.2) is 0 Å². The van der Waals surface area contributed by atoms with Gasteiger partial charge in [0.2, 0.25) is 5.95 Å². The van der Waals surface area contributed by atoms with Crippen LogP contribution in [0.3, 0.4) is 0 Å². The second kappa shape index (κ2) is 9.58. The SMILES string of the molecule is c1ccc(-c2ccc(-c3ccccc3-c3ccnc(-n4c5ccccc5c5ccc6ccccc6c54)n3)cc2)cc1. The minimum absolute atomic E-state index is 0.666. The maximum atomic E-state index is 5.20. The molecule has 0 fully saturated rings. The maximum Gasteiger partial charge on any atom is 0.235 e. The van der Waals surface area contributed by atoms with Crippen molar-refractivity contribution in [3.8, 4) is 39.5 Å². The number of fused-ring (bicyclic) bond motifs is 5. The summed E-state index contributed by atoms with van der Waals surface area (Å²) in [6, 6.07) is 51.2. The molecule has 0 bridgehead atoms. The van der Waals surface area contributed by atoms with Gasteiger partial charge < -0.3 is 0 Å². The molecule has 0 saturated carbocycles. The van der Waals surface area contributed by atoms with E-state index in [-0.39, 0.29) is 0 Å². The fourth-order valence-corrected chi connectivity index (χ4v) is 5.98. The predicted octanol–water partition coefficient (Wildman–Crippen LogP) is 9.73. The van der Waals surface area contributed by atoms with Crippen LogP contribution in [0, 0.1) is 0 Å². The highest BCUT2D eigenvalue weighted by Crippen LogP contribution is 2.37. The summed E-state index contributed by atoms with van der Waals surface area (Å²) in [4.78, 5) is 10.0. The van der Waals surface area contributed by atoms with Crippen molar-refractivity contribution in [2.24, 2.45) is 0 Å². The molecule has 41 heavy (non-hydrogen) atoms. The van der Waals surface area contributed by atoms with Gasteiger partial charge in [0.1, 0.15) is 0 Å². The van der Waals surface area contributed by atoms with Crippen molar-refractivity contribution in [2.45, 2.75) is 0 Å². The molecule has 192 valence electrons. The molecule has 0 radical (unpaired) electrons. The largest absolute Gasteiger partial charge is 0.277 e. The van der Waals surface area contributed by atoms with Crippen molar-refractivity contribution in [3.63, 3.8) is 0 Å². The molecule has 3 heteroatoms. The number of para-hydroxylation sites is 1. The molecule has 8 aromatic rings. The zero-order valence-electron chi connectivity index (χ0n) is 22.3. The normalized spacial score (nSPS) is 11.4. The first-order valence-electron chi connectivity index (χ1n) is 13.8. The molecule has 0 saturated heterocycles. The highest BCUT2D eigenvalue weighted by molar-refractivity contribution is 6.18. The number of rotatable bonds is 4. The molecule has 6 aromatic carbocycles. The van der Waals surface area contributed by atoms with E-state index >= 15 is 0 Å². The summed E-state index contributed by atoms with van der Waals surface area (Å²) in [6.45, 7) is 0. The molecule has 0 N–H and O–H groups in total. The van der Waals surface area contributed by atoms with Crippen LogP contribution in [0.25, 0.3) is 72.0 Å².